The predicted octanol–water partition coefficient (Wildman–Crippen LogP) is 9.93. The summed E-state index contributed by atoms with van der Waals surface area (Å²) in [4.78, 5) is 35.3. The SMILES string of the molecule is CCCCCCCN(C[C@H]1CC[C@H](CN(CCCCCCC)C(=O)Nc2ccc(N(C)C)cc2)CC1)C(=O)Nc1ccc(N(C)C)cc1. The van der Waals surface area contributed by atoms with Crippen LogP contribution in [-0.2, 0) is 0 Å². The van der Waals surface area contributed by atoms with Crippen molar-refractivity contribution in [2.45, 2.75) is 104 Å². The van der Waals surface area contributed by atoms with E-state index in [1.165, 1.54) is 38.5 Å². The summed E-state index contributed by atoms with van der Waals surface area (Å²) in [5.41, 5.74) is 3.91. The fourth-order valence-electron chi connectivity index (χ4n) is 6.67. The second-order valence-electron chi connectivity index (χ2n) is 14.4. The number of amides is 4. The molecule has 268 valence electrons. The van der Waals surface area contributed by atoms with Gasteiger partial charge in [0, 0.05) is 77.1 Å². The van der Waals surface area contributed by atoms with Crippen LogP contribution in [0.15, 0.2) is 48.5 Å². The molecule has 0 atom stereocenters. The zero-order chi connectivity index (χ0) is 34.7. The molecule has 0 saturated heterocycles. The standard InChI is InChI=1S/C40H66N6O2/c1-7-9-11-13-15-29-45(39(47)41-35-21-25-37(26-22-35)43(3)4)31-33-17-19-34(20-18-33)32-46(30-16-14-12-10-8-2)40(48)42-36-23-27-38(28-24-36)44(5)6/h21-28,33-34H,7-20,29-32H2,1-6H3,(H,41,47)(H,42,48)/t33-,34-. The smallest absolute Gasteiger partial charge is 0.321 e. The molecule has 0 heterocycles. The average molecular weight is 663 g/mol. The van der Waals surface area contributed by atoms with Crippen LogP contribution < -0.4 is 20.4 Å². The van der Waals surface area contributed by atoms with Crippen LogP contribution in [-0.4, -0.2) is 76.2 Å². The van der Waals surface area contributed by atoms with Gasteiger partial charge in [0.15, 0.2) is 0 Å². The van der Waals surface area contributed by atoms with Crippen molar-refractivity contribution in [2.75, 3.05) is 74.8 Å². The third-order valence-corrected chi connectivity index (χ3v) is 9.83. The van der Waals surface area contributed by atoms with Gasteiger partial charge in [-0.3, -0.25) is 0 Å². The Morgan fingerprint density at radius 2 is 0.875 bits per heavy atom. The second kappa shape index (κ2) is 21.5. The lowest BCUT2D eigenvalue weighted by Gasteiger charge is -2.35. The number of nitrogens with one attached hydrogen (secondary N) is 2. The predicted molar refractivity (Wildman–Crippen MR) is 206 cm³/mol. The molecule has 0 bridgehead atoms. The van der Waals surface area contributed by atoms with E-state index in [9.17, 15) is 9.59 Å². The van der Waals surface area contributed by atoms with Crippen molar-refractivity contribution in [3.05, 3.63) is 48.5 Å². The van der Waals surface area contributed by atoms with Crippen LogP contribution in [0.5, 0.6) is 0 Å². The Morgan fingerprint density at radius 3 is 1.19 bits per heavy atom. The van der Waals surface area contributed by atoms with Gasteiger partial charge in [-0.1, -0.05) is 65.2 Å². The Kier molecular flexibility index (Phi) is 17.5. The van der Waals surface area contributed by atoms with Crippen LogP contribution >= 0.6 is 0 Å². The lowest BCUT2D eigenvalue weighted by molar-refractivity contribution is 0.159. The molecular formula is C40H66N6O2. The van der Waals surface area contributed by atoms with Crippen molar-refractivity contribution in [1.29, 1.82) is 0 Å². The van der Waals surface area contributed by atoms with E-state index in [2.05, 4.69) is 44.1 Å². The highest BCUT2D eigenvalue weighted by Gasteiger charge is 2.27. The number of unbranched alkanes of at least 4 members (excludes halogenated alkanes) is 8. The number of hydrogen-bond acceptors (Lipinski definition) is 4. The Morgan fingerprint density at radius 1 is 0.542 bits per heavy atom. The number of hydrogen-bond donors (Lipinski definition) is 2. The van der Waals surface area contributed by atoms with Crippen molar-refractivity contribution in [3.8, 4) is 0 Å². The molecule has 1 saturated carbocycles. The van der Waals surface area contributed by atoms with Crippen molar-refractivity contribution < 1.29 is 9.59 Å². The van der Waals surface area contributed by atoms with Crippen LogP contribution in [0.2, 0.25) is 0 Å². The fourth-order valence-corrected chi connectivity index (χ4v) is 6.67. The molecule has 0 aliphatic heterocycles. The molecule has 8 nitrogen and oxygen atoms in total. The van der Waals surface area contributed by atoms with Gasteiger partial charge in [0.2, 0.25) is 0 Å². The maximum atomic E-state index is 13.5. The van der Waals surface area contributed by atoms with Gasteiger partial charge in [0.1, 0.15) is 0 Å². The van der Waals surface area contributed by atoms with E-state index in [0.29, 0.717) is 11.8 Å². The zero-order valence-electron chi connectivity index (χ0n) is 31.1. The first-order chi connectivity index (χ1) is 23.2. The summed E-state index contributed by atoms with van der Waals surface area (Å²) in [6.07, 6.45) is 16.2. The molecule has 1 fully saturated rings. The minimum atomic E-state index is 0.00903. The normalized spacial score (nSPS) is 15.9. The summed E-state index contributed by atoms with van der Waals surface area (Å²) < 4.78 is 0. The quantitative estimate of drug-likeness (QED) is 0.139. The van der Waals surface area contributed by atoms with Gasteiger partial charge in [0.25, 0.3) is 0 Å². The van der Waals surface area contributed by atoms with Crippen LogP contribution in [0, 0.1) is 11.8 Å². The topological polar surface area (TPSA) is 71.2 Å². The molecular weight excluding hydrogens is 596 g/mol. The summed E-state index contributed by atoms with van der Waals surface area (Å²) in [6, 6.07) is 16.1. The molecule has 0 unspecified atom stereocenters. The van der Waals surface area contributed by atoms with E-state index in [0.717, 1.165) is 100 Å². The maximum Gasteiger partial charge on any atom is 0.321 e. The third-order valence-electron chi connectivity index (χ3n) is 9.83. The van der Waals surface area contributed by atoms with Crippen LogP contribution in [0.1, 0.15) is 104 Å². The fraction of sp³-hybridized carbons (Fsp3) is 0.650. The van der Waals surface area contributed by atoms with Crippen LogP contribution in [0.4, 0.5) is 32.3 Å². The highest BCUT2D eigenvalue weighted by atomic mass is 16.2. The van der Waals surface area contributed by atoms with Gasteiger partial charge in [-0.2, -0.15) is 0 Å². The first kappa shape index (κ1) is 39.0. The summed E-state index contributed by atoms with van der Waals surface area (Å²) in [7, 11) is 8.09. The van der Waals surface area contributed by atoms with Gasteiger partial charge in [-0.15, -0.1) is 0 Å². The molecule has 0 radical (unpaired) electrons. The Bertz CT molecular complexity index is 1080. The average Bonchev–Trinajstić information content (AvgIpc) is 3.08. The maximum absolute atomic E-state index is 13.5. The highest BCUT2D eigenvalue weighted by Crippen LogP contribution is 2.31. The molecule has 0 aromatic heterocycles. The van der Waals surface area contributed by atoms with E-state index >= 15 is 0 Å². The molecule has 2 aromatic rings. The van der Waals surface area contributed by atoms with E-state index in [4.69, 9.17) is 0 Å². The minimum absolute atomic E-state index is 0.00903. The van der Waals surface area contributed by atoms with Crippen molar-refractivity contribution >= 4 is 34.8 Å². The first-order valence-electron chi connectivity index (χ1n) is 18.9. The molecule has 0 spiro atoms. The summed E-state index contributed by atoms with van der Waals surface area (Å²) >= 11 is 0. The van der Waals surface area contributed by atoms with Crippen molar-refractivity contribution in [2.24, 2.45) is 11.8 Å². The van der Waals surface area contributed by atoms with Crippen LogP contribution in [0.25, 0.3) is 0 Å². The first-order valence-corrected chi connectivity index (χ1v) is 18.9. The minimum Gasteiger partial charge on any atom is -0.378 e. The lowest BCUT2D eigenvalue weighted by Crippen LogP contribution is -2.42. The lowest BCUT2D eigenvalue weighted by atomic mass is 9.81. The number of rotatable bonds is 20. The zero-order valence-corrected chi connectivity index (χ0v) is 31.1. The Labute approximate surface area is 292 Å². The summed E-state index contributed by atoms with van der Waals surface area (Å²) in [6.45, 7) is 7.67. The van der Waals surface area contributed by atoms with Crippen molar-refractivity contribution in [1.82, 2.24) is 9.80 Å². The van der Waals surface area contributed by atoms with Gasteiger partial charge in [0.05, 0.1) is 0 Å². The van der Waals surface area contributed by atoms with E-state index in [1.807, 2.05) is 76.7 Å². The second-order valence-corrected chi connectivity index (χ2v) is 14.4. The molecule has 8 heteroatoms. The Balaban J connectivity index is 1.57. The number of anilines is 4. The molecule has 1 aliphatic rings. The largest absolute Gasteiger partial charge is 0.378 e. The molecule has 48 heavy (non-hydrogen) atoms. The molecule has 4 amide bonds. The monoisotopic (exact) mass is 663 g/mol. The van der Waals surface area contributed by atoms with Gasteiger partial charge < -0.3 is 30.2 Å². The number of carbonyl (C=O) groups is 2. The van der Waals surface area contributed by atoms with Gasteiger partial charge in [-0.05, 0) is 98.9 Å². The summed E-state index contributed by atoms with van der Waals surface area (Å²) in [5.74, 6) is 0.982. The van der Waals surface area contributed by atoms with E-state index in [1.54, 1.807) is 0 Å². The van der Waals surface area contributed by atoms with Gasteiger partial charge in [-0.25, -0.2) is 9.59 Å². The van der Waals surface area contributed by atoms with E-state index in [-0.39, 0.29) is 12.1 Å². The highest BCUT2D eigenvalue weighted by molar-refractivity contribution is 5.90. The van der Waals surface area contributed by atoms with Crippen molar-refractivity contribution in [3.63, 3.8) is 0 Å². The number of carbonyl (C=O) groups excluding carboxylic acids is 2. The number of nitrogens with zero attached hydrogens (tertiary/aromatic N) is 4. The van der Waals surface area contributed by atoms with E-state index < -0.39 is 0 Å². The van der Waals surface area contributed by atoms with Gasteiger partial charge >= 0.3 is 12.1 Å². The number of urea groups is 2. The molecule has 2 N–H and O–H groups in total. The molecule has 1 aliphatic carbocycles. The molecule has 2 aromatic carbocycles. The van der Waals surface area contributed by atoms with Crippen LogP contribution in [0.3, 0.4) is 0 Å². The Hall–Kier alpha value is -3.42. The number of benzene rings is 2. The third kappa shape index (κ3) is 14.0. The molecule has 3 rings (SSSR count). The summed E-state index contributed by atoms with van der Waals surface area (Å²) in [5, 5.41) is 6.35.